The highest BCUT2D eigenvalue weighted by molar-refractivity contribution is 14.1. The van der Waals surface area contributed by atoms with Crippen LogP contribution in [0.1, 0.15) is 19.3 Å². The van der Waals surface area contributed by atoms with E-state index in [0.29, 0.717) is 17.8 Å². The summed E-state index contributed by atoms with van der Waals surface area (Å²) >= 11 is 5.75. The Bertz CT molecular complexity index is 545. The first-order valence-corrected chi connectivity index (χ1v) is 8.78. The Hall–Kier alpha value is -0.100. The SMILES string of the molecule is O=C(Nc1ccc(Br)c(I)c1)C1C2C3CCC(C3)C12. The highest BCUT2D eigenvalue weighted by Crippen LogP contribution is 2.69. The molecule has 4 unspecified atom stereocenters. The van der Waals surface area contributed by atoms with Gasteiger partial charge in [0.2, 0.25) is 5.91 Å². The Morgan fingerprint density at radius 3 is 2.58 bits per heavy atom. The van der Waals surface area contributed by atoms with Crippen molar-refractivity contribution in [2.24, 2.45) is 29.6 Å². The third-order valence-electron chi connectivity index (χ3n) is 5.23. The van der Waals surface area contributed by atoms with Crippen LogP contribution in [0.4, 0.5) is 5.69 Å². The Kier molecular flexibility index (Phi) is 2.96. The Morgan fingerprint density at radius 2 is 1.95 bits per heavy atom. The molecular formula is C15H15BrINO. The van der Waals surface area contributed by atoms with Crippen LogP contribution in [0.15, 0.2) is 22.7 Å². The molecule has 1 aromatic rings. The molecule has 100 valence electrons. The number of fused-ring (bicyclic) bond motifs is 5. The second kappa shape index (κ2) is 4.45. The maximum Gasteiger partial charge on any atom is 0.228 e. The van der Waals surface area contributed by atoms with Crippen molar-refractivity contribution >= 4 is 50.1 Å². The summed E-state index contributed by atoms with van der Waals surface area (Å²) in [6.07, 6.45) is 4.13. The monoisotopic (exact) mass is 431 g/mol. The zero-order valence-corrected chi connectivity index (χ0v) is 14.1. The molecule has 19 heavy (non-hydrogen) atoms. The maximum atomic E-state index is 12.4. The van der Waals surface area contributed by atoms with Crippen molar-refractivity contribution in [3.8, 4) is 0 Å². The molecule has 0 heterocycles. The zero-order valence-electron chi connectivity index (χ0n) is 10.4. The van der Waals surface area contributed by atoms with Gasteiger partial charge >= 0.3 is 0 Å². The van der Waals surface area contributed by atoms with E-state index in [0.717, 1.165) is 25.6 Å². The average molecular weight is 432 g/mol. The van der Waals surface area contributed by atoms with Gasteiger partial charge in [0.1, 0.15) is 0 Å². The van der Waals surface area contributed by atoms with Gasteiger partial charge in [-0.05, 0) is 99.7 Å². The molecule has 0 radical (unpaired) electrons. The van der Waals surface area contributed by atoms with Gasteiger partial charge in [0, 0.05) is 19.6 Å². The number of amides is 1. The summed E-state index contributed by atoms with van der Waals surface area (Å²) in [6, 6.07) is 5.99. The van der Waals surface area contributed by atoms with Gasteiger partial charge in [-0.15, -0.1) is 0 Å². The van der Waals surface area contributed by atoms with Gasteiger partial charge in [-0.1, -0.05) is 0 Å². The van der Waals surface area contributed by atoms with Crippen LogP contribution in [0.25, 0.3) is 0 Å². The first-order chi connectivity index (χ1) is 9.15. The Morgan fingerprint density at radius 1 is 1.26 bits per heavy atom. The van der Waals surface area contributed by atoms with Crippen LogP contribution in [-0.4, -0.2) is 5.91 Å². The minimum Gasteiger partial charge on any atom is -0.326 e. The smallest absolute Gasteiger partial charge is 0.228 e. The van der Waals surface area contributed by atoms with Crippen LogP contribution in [-0.2, 0) is 4.79 Å². The predicted molar refractivity (Wildman–Crippen MR) is 86.8 cm³/mol. The van der Waals surface area contributed by atoms with Gasteiger partial charge in [-0.2, -0.15) is 0 Å². The summed E-state index contributed by atoms with van der Waals surface area (Å²) in [7, 11) is 0. The number of halogens is 2. The lowest BCUT2D eigenvalue weighted by molar-refractivity contribution is -0.118. The van der Waals surface area contributed by atoms with E-state index >= 15 is 0 Å². The van der Waals surface area contributed by atoms with Crippen LogP contribution in [0, 0.1) is 33.2 Å². The van der Waals surface area contributed by atoms with Gasteiger partial charge in [-0.25, -0.2) is 0 Å². The van der Waals surface area contributed by atoms with Crippen molar-refractivity contribution in [1.29, 1.82) is 0 Å². The number of nitrogens with one attached hydrogen (secondary N) is 1. The van der Waals surface area contributed by atoms with Crippen molar-refractivity contribution in [2.75, 3.05) is 5.32 Å². The lowest BCUT2D eigenvalue weighted by Crippen LogP contribution is -2.18. The second-order valence-electron chi connectivity index (χ2n) is 6.13. The summed E-state index contributed by atoms with van der Waals surface area (Å²) in [4.78, 5) is 12.4. The maximum absolute atomic E-state index is 12.4. The minimum absolute atomic E-state index is 0.254. The average Bonchev–Trinajstić information content (AvgIpc) is 2.83. The fourth-order valence-corrected chi connectivity index (χ4v) is 5.24. The minimum atomic E-state index is 0.254. The fourth-order valence-electron chi connectivity index (χ4n) is 4.48. The summed E-state index contributed by atoms with van der Waals surface area (Å²) in [5.41, 5.74) is 0.926. The quantitative estimate of drug-likeness (QED) is 0.695. The van der Waals surface area contributed by atoms with E-state index in [1.165, 1.54) is 19.3 Å². The normalized spacial score (nSPS) is 38.1. The molecule has 3 saturated carbocycles. The van der Waals surface area contributed by atoms with Crippen molar-refractivity contribution in [3.05, 3.63) is 26.2 Å². The van der Waals surface area contributed by atoms with Gasteiger partial charge in [0.05, 0.1) is 0 Å². The molecule has 3 aliphatic rings. The molecule has 3 fully saturated rings. The number of anilines is 1. The fraction of sp³-hybridized carbons (Fsp3) is 0.533. The van der Waals surface area contributed by atoms with Gasteiger partial charge < -0.3 is 5.32 Å². The molecule has 0 aliphatic heterocycles. The molecular weight excluding hydrogens is 417 g/mol. The number of carbonyl (C=O) groups is 1. The Labute approximate surface area is 135 Å². The number of hydrogen-bond acceptors (Lipinski definition) is 1. The number of benzene rings is 1. The molecule has 2 nitrogen and oxygen atoms in total. The summed E-state index contributed by atoms with van der Waals surface area (Å²) < 4.78 is 2.21. The zero-order chi connectivity index (χ0) is 13.1. The molecule has 1 amide bonds. The molecule has 4 rings (SSSR count). The summed E-state index contributed by atoms with van der Waals surface area (Å²) in [5.74, 6) is 3.71. The van der Waals surface area contributed by atoms with Crippen molar-refractivity contribution < 1.29 is 4.79 Å². The van der Waals surface area contributed by atoms with Crippen molar-refractivity contribution in [1.82, 2.24) is 0 Å². The summed E-state index contributed by atoms with van der Waals surface area (Å²) in [6.45, 7) is 0. The molecule has 1 N–H and O–H groups in total. The van der Waals surface area contributed by atoms with Gasteiger partial charge in [0.15, 0.2) is 0 Å². The standard InChI is InChI=1S/C15H15BrINO/c16-10-4-3-9(6-11(10)17)18-15(19)14-12-7-1-2-8(5-7)13(12)14/h3-4,6-8,12-14H,1-2,5H2,(H,18,19). The molecule has 2 bridgehead atoms. The van der Waals surface area contributed by atoms with Crippen molar-refractivity contribution in [3.63, 3.8) is 0 Å². The number of carbonyl (C=O) groups excluding carboxylic acids is 1. The van der Waals surface area contributed by atoms with E-state index in [1.54, 1.807) is 0 Å². The highest BCUT2D eigenvalue weighted by Gasteiger charge is 2.67. The van der Waals surface area contributed by atoms with E-state index in [2.05, 4.69) is 43.8 Å². The van der Waals surface area contributed by atoms with Gasteiger partial charge in [-0.3, -0.25) is 4.79 Å². The van der Waals surface area contributed by atoms with E-state index in [-0.39, 0.29) is 5.91 Å². The number of hydrogen-bond donors (Lipinski definition) is 1. The molecule has 0 saturated heterocycles. The highest BCUT2D eigenvalue weighted by atomic mass is 127. The summed E-state index contributed by atoms with van der Waals surface area (Å²) in [5, 5.41) is 3.10. The molecule has 4 atom stereocenters. The molecule has 0 spiro atoms. The van der Waals surface area contributed by atoms with Crippen LogP contribution < -0.4 is 5.32 Å². The largest absolute Gasteiger partial charge is 0.326 e. The van der Waals surface area contributed by atoms with Crippen LogP contribution in [0.3, 0.4) is 0 Å². The second-order valence-corrected chi connectivity index (χ2v) is 8.15. The van der Waals surface area contributed by atoms with Crippen molar-refractivity contribution in [2.45, 2.75) is 19.3 Å². The topological polar surface area (TPSA) is 29.1 Å². The van der Waals surface area contributed by atoms with Gasteiger partial charge in [0.25, 0.3) is 0 Å². The lowest BCUT2D eigenvalue weighted by atomic mass is 10.0. The Balaban J connectivity index is 1.47. The third kappa shape index (κ3) is 1.97. The van der Waals surface area contributed by atoms with E-state index in [4.69, 9.17) is 0 Å². The molecule has 1 aromatic carbocycles. The van der Waals surface area contributed by atoms with E-state index in [9.17, 15) is 4.79 Å². The third-order valence-corrected chi connectivity index (χ3v) is 7.55. The lowest BCUT2D eigenvalue weighted by Gasteiger charge is -2.10. The molecule has 4 heteroatoms. The molecule has 0 aromatic heterocycles. The van der Waals surface area contributed by atoms with E-state index in [1.807, 2.05) is 18.2 Å². The first-order valence-electron chi connectivity index (χ1n) is 6.91. The van der Waals surface area contributed by atoms with E-state index < -0.39 is 0 Å². The number of rotatable bonds is 2. The van der Waals surface area contributed by atoms with Crippen LogP contribution in [0.5, 0.6) is 0 Å². The van der Waals surface area contributed by atoms with Crippen LogP contribution in [0.2, 0.25) is 0 Å². The molecule has 3 aliphatic carbocycles. The van der Waals surface area contributed by atoms with Crippen LogP contribution >= 0.6 is 38.5 Å². The first kappa shape index (κ1) is 12.6. The predicted octanol–water partition coefficient (Wildman–Crippen LogP) is 4.28.